The molecule has 0 unspecified atom stereocenters. The van der Waals surface area contributed by atoms with Gasteiger partial charge in [0.15, 0.2) is 11.5 Å². The minimum atomic E-state index is -0.334. The van der Waals surface area contributed by atoms with Crippen molar-refractivity contribution in [3.8, 4) is 40.3 Å². The van der Waals surface area contributed by atoms with E-state index in [0.717, 1.165) is 0 Å². The Hall–Kier alpha value is -4.60. The van der Waals surface area contributed by atoms with Crippen LogP contribution >= 0.6 is 0 Å². The molecule has 2 aromatic heterocycles. The minimum Gasteiger partial charge on any atom is -0.490 e. The average Bonchev–Trinajstić information content (AvgIpc) is 3.42. The Morgan fingerprint density at radius 2 is 1.64 bits per heavy atom. The van der Waals surface area contributed by atoms with Crippen molar-refractivity contribution in [2.75, 3.05) is 25.1 Å². The fraction of sp³-hybridized carbons (Fsp3) is 0.231. The van der Waals surface area contributed by atoms with E-state index in [1.165, 1.54) is 6.39 Å². The van der Waals surface area contributed by atoms with E-state index < -0.39 is 0 Å². The molecule has 186 valence electrons. The van der Waals surface area contributed by atoms with Crippen LogP contribution in [0.4, 0.5) is 5.69 Å². The second-order valence-corrected chi connectivity index (χ2v) is 7.31. The number of rotatable bonds is 11. The van der Waals surface area contributed by atoms with Crippen LogP contribution in [0, 0.1) is 0 Å². The van der Waals surface area contributed by atoms with Gasteiger partial charge in [0.25, 0.3) is 11.8 Å². The number of nitrogens with one attached hydrogen (secondary N) is 1. The number of nitrogens with zero attached hydrogens (tertiary/aromatic N) is 3. The number of ether oxygens (including phenoxy) is 4. The van der Waals surface area contributed by atoms with Crippen LogP contribution in [0.25, 0.3) is 11.6 Å². The maximum Gasteiger partial charge on any atom is 0.266 e. The molecule has 10 heteroatoms. The molecule has 0 saturated heterocycles. The van der Waals surface area contributed by atoms with Crippen molar-refractivity contribution in [3.05, 3.63) is 66.7 Å². The summed E-state index contributed by atoms with van der Waals surface area (Å²) in [5.41, 5.74) is 1.41. The van der Waals surface area contributed by atoms with Crippen molar-refractivity contribution in [3.63, 3.8) is 0 Å². The van der Waals surface area contributed by atoms with E-state index in [0.29, 0.717) is 65.5 Å². The quantitative estimate of drug-likeness (QED) is 0.296. The van der Waals surface area contributed by atoms with Crippen LogP contribution in [0.2, 0.25) is 0 Å². The molecule has 2 heterocycles. The number of anilines is 1. The van der Waals surface area contributed by atoms with Gasteiger partial charge >= 0.3 is 0 Å². The van der Waals surface area contributed by atoms with E-state index in [4.69, 9.17) is 23.4 Å². The Labute approximate surface area is 208 Å². The van der Waals surface area contributed by atoms with Gasteiger partial charge in [-0.25, -0.2) is 0 Å². The number of hydrogen-bond donors (Lipinski definition) is 1. The summed E-state index contributed by atoms with van der Waals surface area (Å²) in [6.45, 7) is 6.87. The van der Waals surface area contributed by atoms with Gasteiger partial charge in [-0.3, -0.25) is 9.78 Å². The second kappa shape index (κ2) is 11.7. The smallest absolute Gasteiger partial charge is 0.266 e. The van der Waals surface area contributed by atoms with E-state index >= 15 is 0 Å². The van der Waals surface area contributed by atoms with E-state index in [2.05, 4.69) is 20.5 Å². The number of hydrogen-bond acceptors (Lipinski definition) is 9. The van der Waals surface area contributed by atoms with Crippen molar-refractivity contribution in [1.29, 1.82) is 0 Å². The first-order chi connectivity index (χ1) is 17.6. The third-order valence-electron chi connectivity index (χ3n) is 4.81. The van der Waals surface area contributed by atoms with Gasteiger partial charge in [0.1, 0.15) is 17.2 Å². The zero-order chi connectivity index (χ0) is 25.3. The molecule has 4 aromatic rings. The number of carbonyl (C=O) groups excluding carboxylic acids is 1. The molecular weight excluding hydrogens is 464 g/mol. The predicted octanol–water partition coefficient (Wildman–Crippen LogP) is 5.37. The highest BCUT2D eigenvalue weighted by Crippen LogP contribution is 2.39. The molecule has 0 fully saturated rings. The molecule has 1 amide bonds. The third kappa shape index (κ3) is 5.90. The first-order valence-electron chi connectivity index (χ1n) is 11.5. The third-order valence-corrected chi connectivity index (χ3v) is 4.81. The Bertz CT molecular complexity index is 1280. The second-order valence-electron chi connectivity index (χ2n) is 7.31. The summed E-state index contributed by atoms with van der Waals surface area (Å²) in [4.78, 5) is 17.3. The van der Waals surface area contributed by atoms with Crippen LogP contribution in [-0.4, -0.2) is 40.9 Å². The standard InChI is InChI=1S/C26H26N4O6/c1-4-32-22-12-17(13-23(33-5-2)24(22)34-6-3)25(31)29-18-8-7-9-19(14-18)36-20-10-11-27-21(15-20)26-30-28-16-35-26/h7-16H,4-6H2,1-3H3,(H,29,31). The van der Waals surface area contributed by atoms with Crippen LogP contribution in [0.3, 0.4) is 0 Å². The van der Waals surface area contributed by atoms with Crippen molar-refractivity contribution in [1.82, 2.24) is 15.2 Å². The van der Waals surface area contributed by atoms with Crippen molar-refractivity contribution >= 4 is 11.6 Å². The van der Waals surface area contributed by atoms with Gasteiger partial charge in [-0.05, 0) is 51.1 Å². The van der Waals surface area contributed by atoms with Crippen LogP contribution < -0.4 is 24.3 Å². The maximum absolute atomic E-state index is 13.1. The lowest BCUT2D eigenvalue weighted by molar-refractivity contribution is 0.102. The highest BCUT2D eigenvalue weighted by Gasteiger charge is 2.19. The van der Waals surface area contributed by atoms with Gasteiger partial charge in [0.05, 0.1) is 19.8 Å². The number of carbonyl (C=O) groups is 1. The summed E-state index contributed by atoms with van der Waals surface area (Å²) >= 11 is 0. The monoisotopic (exact) mass is 490 g/mol. The van der Waals surface area contributed by atoms with Gasteiger partial charge < -0.3 is 28.7 Å². The Morgan fingerprint density at radius 3 is 2.31 bits per heavy atom. The van der Waals surface area contributed by atoms with E-state index in [-0.39, 0.29) is 11.8 Å². The first-order valence-corrected chi connectivity index (χ1v) is 11.5. The van der Waals surface area contributed by atoms with Gasteiger partial charge in [-0.2, -0.15) is 0 Å². The fourth-order valence-corrected chi connectivity index (χ4v) is 3.37. The van der Waals surface area contributed by atoms with Gasteiger partial charge in [0, 0.05) is 29.6 Å². The van der Waals surface area contributed by atoms with E-state index in [1.807, 2.05) is 20.8 Å². The molecule has 0 aliphatic rings. The highest BCUT2D eigenvalue weighted by atomic mass is 16.5. The predicted molar refractivity (Wildman–Crippen MR) is 132 cm³/mol. The summed E-state index contributed by atoms with van der Waals surface area (Å²) in [5, 5.41) is 10.4. The van der Waals surface area contributed by atoms with Gasteiger partial charge in [0.2, 0.25) is 12.1 Å². The molecule has 0 spiro atoms. The lowest BCUT2D eigenvalue weighted by atomic mass is 10.1. The highest BCUT2D eigenvalue weighted by molar-refractivity contribution is 6.05. The molecule has 0 aliphatic carbocycles. The van der Waals surface area contributed by atoms with E-state index in [9.17, 15) is 4.79 Å². The lowest BCUT2D eigenvalue weighted by Crippen LogP contribution is -2.13. The van der Waals surface area contributed by atoms with Crippen LogP contribution in [-0.2, 0) is 0 Å². The zero-order valence-corrected chi connectivity index (χ0v) is 20.2. The van der Waals surface area contributed by atoms with Crippen molar-refractivity contribution in [2.45, 2.75) is 20.8 Å². The van der Waals surface area contributed by atoms with Crippen molar-refractivity contribution in [2.24, 2.45) is 0 Å². The van der Waals surface area contributed by atoms with Gasteiger partial charge in [-0.1, -0.05) is 6.07 Å². The first kappa shape index (κ1) is 24.5. The largest absolute Gasteiger partial charge is 0.490 e. The molecule has 0 atom stereocenters. The Morgan fingerprint density at radius 1 is 0.917 bits per heavy atom. The normalized spacial score (nSPS) is 10.5. The minimum absolute atomic E-state index is 0.287. The molecule has 10 nitrogen and oxygen atoms in total. The molecule has 36 heavy (non-hydrogen) atoms. The van der Waals surface area contributed by atoms with Crippen LogP contribution in [0.5, 0.6) is 28.7 Å². The lowest BCUT2D eigenvalue weighted by Gasteiger charge is -2.17. The topological polar surface area (TPSA) is 118 Å². The van der Waals surface area contributed by atoms with E-state index in [1.54, 1.807) is 54.7 Å². The van der Waals surface area contributed by atoms with Crippen molar-refractivity contribution < 1.29 is 28.2 Å². The summed E-state index contributed by atoms with van der Waals surface area (Å²) in [5.74, 6) is 2.37. The summed E-state index contributed by atoms with van der Waals surface area (Å²) in [6.07, 6.45) is 2.81. The Balaban J connectivity index is 1.53. The Kier molecular flexibility index (Phi) is 7.97. The number of aromatic nitrogens is 3. The van der Waals surface area contributed by atoms with Crippen LogP contribution in [0.1, 0.15) is 31.1 Å². The average molecular weight is 491 g/mol. The summed E-state index contributed by atoms with van der Waals surface area (Å²) in [6, 6.07) is 13.7. The summed E-state index contributed by atoms with van der Waals surface area (Å²) < 4.78 is 28.3. The fourth-order valence-electron chi connectivity index (χ4n) is 3.37. The number of pyridine rings is 1. The molecule has 4 rings (SSSR count). The van der Waals surface area contributed by atoms with Gasteiger partial charge in [-0.15, -0.1) is 10.2 Å². The summed E-state index contributed by atoms with van der Waals surface area (Å²) in [7, 11) is 0. The molecule has 2 aromatic carbocycles. The SMILES string of the molecule is CCOc1cc(C(=O)Nc2cccc(Oc3ccnc(-c4nnco4)c3)c2)cc(OCC)c1OCC. The molecule has 0 radical (unpaired) electrons. The molecule has 0 bridgehead atoms. The molecule has 0 aliphatic heterocycles. The molecule has 0 saturated carbocycles. The molecular formula is C26H26N4O6. The number of benzene rings is 2. The van der Waals surface area contributed by atoms with Crippen LogP contribution in [0.15, 0.2) is 65.5 Å². The maximum atomic E-state index is 13.1. The number of amides is 1. The zero-order valence-electron chi connectivity index (χ0n) is 20.2. The molecule has 1 N–H and O–H groups in total.